The molecule has 0 saturated carbocycles. The van der Waals surface area contributed by atoms with E-state index >= 15 is 0 Å². The zero-order valence-electron chi connectivity index (χ0n) is 22.1. The highest BCUT2D eigenvalue weighted by atomic mass is 35.5. The number of likely N-dealkylation sites (N-methyl/N-ethyl adjacent to an activating group) is 1. The number of piperazine rings is 1. The summed E-state index contributed by atoms with van der Waals surface area (Å²) in [6.07, 6.45) is 3.72. The molecule has 4 aromatic rings. The van der Waals surface area contributed by atoms with Crippen molar-refractivity contribution in [3.8, 4) is 22.9 Å². The summed E-state index contributed by atoms with van der Waals surface area (Å²) in [5.41, 5.74) is 4.00. The molecule has 2 aromatic carbocycles. The summed E-state index contributed by atoms with van der Waals surface area (Å²) in [4.78, 5) is 15.1. The molecule has 0 radical (unpaired) electrons. The van der Waals surface area contributed by atoms with Gasteiger partial charge in [-0.1, -0.05) is 55.8 Å². The smallest absolute Gasteiger partial charge is 0.237 e. The topological polar surface area (TPSA) is 71.3 Å². The highest BCUT2D eigenvalue weighted by molar-refractivity contribution is 8.00. The molecule has 8 nitrogen and oxygen atoms in total. The maximum atomic E-state index is 6.88. The third-order valence-corrected chi connectivity index (χ3v) is 7.62. The molecule has 1 aliphatic rings. The maximum Gasteiger partial charge on any atom is 0.237 e. The van der Waals surface area contributed by atoms with Crippen molar-refractivity contribution in [1.82, 2.24) is 24.6 Å². The van der Waals surface area contributed by atoms with Crippen LogP contribution in [-0.4, -0.2) is 57.9 Å². The van der Waals surface area contributed by atoms with Crippen molar-refractivity contribution < 1.29 is 4.74 Å². The zero-order valence-corrected chi connectivity index (χ0v) is 23.6. The van der Waals surface area contributed by atoms with Gasteiger partial charge in [0.15, 0.2) is 0 Å². The van der Waals surface area contributed by atoms with E-state index in [-0.39, 0.29) is 0 Å². The normalized spacial score (nSPS) is 14.2. The van der Waals surface area contributed by atoms with Gasteiger partial charge in [0.25, 0.3) is 0 Å². The standard InChI is InChI=1S/C28H32ClN7OS/c1-19(2)21-8-5-6-9-22(21)23-16-26(32-28(31-23)33-38-20-17-30-35(4)18-20)37-25-11-7-10-24(27(25)29)36-14-12-34(3)13-15-36/h5-11,16-19H,12-15H2,1-4H3,(H,31,32,33). The van der Waals surface area contributed by atoms with E-state index in [9.17, 15) is 0 Å². The fraction of sp³-hybridized carbons (Fsp3) is 0.321. The van der Waals surface area contributed by atoms with Gasteiger partial charge in [0.1, 0.15) is 10.8 Å². The van der Waals surface area contributed by atoms with Crippen molar-refractivity contribution in [2.75, 3.05) is 42.8 Å². The minimum atomic E-state index is 0.335. The summed E-state index contributed by atoms with van der Waals surface area (Å²) in [5.74, 6) is 1.76. The summed E-state index contributed by atoms with van der Waals surface area (Å²) >= 11 is 8.28. The van der Waals surface area contributed by atoms with Crippen molar-refractivity contribution >= 4 is 35.2 Å². The molecule has 0 unspecified atom stereocenters. The number of aromatic nitrogens is 4. The summed E-state index contributed by atoms with van der Waals surface area (Å²) in [7, 11) is 4.02. The van der Waals surface area contributed by atoms with Crippen LogP contribution in [0.2, 0.25) is 5.02 Å². The maximum absolute atomic E-state index is 6.88. The fourth-order valence-corrected chi connectivity index (χ4v) is 5.32. The van der Waals surface area contributed by atoms with Crippen LogP contribution in [0.5, 0.6) is 11.6 Å². The van der Waals surface area contributed by atoms with Gasteiger partial charge in [-0.2, -0.15) is 10.1 Å². The lowest BCUT2D eigenvalue weighted by Crippen LogP contribution is -2.44. The summed E-state index contributed by atoms with van der Waals surface area (Å²) < 4.78 is 11.3. The van der Waals surface area contributed by atoms with Crippen LogP contribution in [0.4, 0.5) is 11.6 Å². The number of rotatable bonds is 8. The first-order chi connectivity index (χ1) is 18.4. The third kappa shape index (κ3) is 6.06. The zero-order chi connectivity index (χ0) is 26.6. The predicted molar refractivity (Wildman–Crippen MR) is 155 cm³/mol. The Bertz CT molecular complexity index is 1400. The van der Waals surface area contributed by atoms with Gasteiger partial charge in [-0.15, -0.1) is 0 Å². The minimum Gasteiger partial charge on any atom is -0.437 e. The van der Waals surface area contributed by atoms with E-state index < -0.39 is 0 Å². The molecule has 38 heavy (non-hydrogen) atoms. The van der Waals surface area contributed by atoms with Crippen LogP contribution in [0.3, 0.4) is 0 Å². The molecule has 0 aliphatic carbocycles. The van der Waals surface area contributed by atoms with Crippen molar-refractivity contribution in [3.05, 3.63) is 71.5 Å². The van der Waals surface area contributed by atoms with Crippen LogP contribution in [0, 0.1) is 0 Å². The van der Waals surface area contributed by atoms with E-state index in [0.717, 1.165) is 48.0 Å². The number of nitrogens with zero attached hydrogens (tertiary/aromatic N) is 6. The van der Waals surface area contributed by atoms with E-state index in [1.165, 1.54) is 17.5 Å². The average molecular weight is 550 g/mol. The summed E-state index contributed by atoms with van der Waals surface area (Å²) in [5, 5.41) is 4.81. The number of aryl methyl sites for hydroxylation is 1. The number of benzene rings is 2. The Labute approximate surface area is 233 Å². The number of hydrogen-bond donors (Lipinski definition) is 1. The highest BCUT2D eigenvalue weighted by Gasteiger charge is 2.20. The second-order valence-electron chi connectivity index (χ2n) is 9.69. The number of nitrogens with one attached hydrogen (secondary N) is 1. The molecule has 3 heterocycles. The van der Waals surface area contributed by atoms with Crippen LogP contribution in [-0.2, 0) is 7.05 Å². The molecule has 198 valence electrons. The average Bonchev–Trinajstić information content (AvgIpc) is 3.34. The fourth-order valence-electron chi connectivity index (χ4n) is 4.43. The van der Waals surface area contributed by atoms with E-state index in [1.54, 1.807) is 10.9 Å². The summed E-state index contributed by atoms with van der Waals surface area (Å²) in [6, 6.07) is 16.1. The molecule has 0 spiro atoms. The van der Waals surface area contributed by atoms with Gasteiger partial charge >= 0.3 is 0 Å². The SMILES string of the molecule is CC(C)c1ccccc1-c1cc(Oc2cccc(N3CCN(C)CC3)c2Cl)nc(NSc2cnn(C)c2)n1. The van der Waals surface area contributed by atoms with Crippen LogP contribution in [0.25, 0.3) is 11.3 Å². The van der Waals surface area contributed by atoms with Gasteiger partial charge in [-0.3, -0.25) is 9.40 Å². The van der Waals surface area contributed by atoms with Crippen LogP contribution < -0.4 is 14.4 Å². The van der Waals surface area contributed by atoms with E-state index in [2.05, 4.69) is 63.7 Å². The molecule has 10 heteroatoms. The Kier molecular flexibility index (Phi) is 8.06. The largest absolute Gasteiger partial charge is 0.437 e. The number of anilines is 2. The molecule has 1 N–H and O–H groups in total. The lowest BCUT2D eigenvalue weighted by Gasteiger charge is -2.34. The van der Waals surface area contributed by atoms with E-state index in [1.807, 2.05) is 43.6 Å². The minimum absolute atomic E-state index is 0.335. The van der Waals surface area contributed by atoms with E-state index in [4.69, 9.17) is 21.3 Å². The van der Waals surface area contributed by atoms with Crippen LogP contribution in [0.1, 0.15) is 25.3 Å². The predicted octanol–water partition coefficient (Wildman–Crippen LogP) is 6.32. The Morgan fingerprint density at radius 1 is 1.00 bits per heavy atom. The molecular formula is C28H32ClN7OS. The van der Waals surface area contributed by atoms with Crippen molar-refractivity contribution in [1.29, 1.82) is 0 Å². The molecular weight excluding hydrogens is 518 g/mol. The molecule has 2 aromatic heterocycles. The first kappa shape index (κ1) is 26.3. The first-order valence-corrected chi connectivity index (χ1v) is 13.9. The van der Waals surface area contributed by atoms with Crippen LogP contribution >= 0.6 is 23.5 Å². The molecule has 5 rings (SSSR count). The van der Waals surface area contributed by atoms with Gasteiger partial charge in [0, 0.05) is 51.1 Å². The lowest BCUT2D eigenvalue weighted by molar-refractivity contribution is 0.313. The third-order valence-electron chi connectivity index (χ3n) is 6.50. The number of ether oxygens (including phenoxy) is 1. The molecule has 0 atom stereocenters. The Morgan fingerprint density at radius 2 is 1.79 bits per heavy atom. The molecule has 0 amide bonds. The van der Waals surface area contributed by atoms with Gasteiger partial charge in [0.05, 0.1) is 22.5 Å². The Morgan fingerprint density at radius 3 is 2.53 bits per heavy atom. The van der Waals surface area contributed by atoms with Crippen molar-refractivity contribution in [2.45, 2.75) is 24.7 Å². The van der Waals surface area contributed by atoms with Crippen molar-refractivity contribution in [3.63, 3.8) is 0 Å². The molecule has 1 saturated heterocycles. The number of hydrogen-bond acceptors (Lipinski definition) is 8. The van der Waals surface area contributed by atoms with Gasteiger partial charge in [-0.25, -0.2) is 4.98 Å². The van der Waals surface area contributed by atoms with Gasteiger partial charge in [0.2, 0.25) is 11.8 Å². The second kappa shape index (κ2) is 11.6. The van der Waals surface area contributed by atoms with Gasteiger partial charge in [-0.05, 0) is 42.6 Å². The molecule has 1 fully saturated rings. The second-order valence-corrected chi connectivity index (χ2v) is 11.0. The van der Waals surface area contributed by atoms with Crippen LogP contribution in [0.15, 0.2) is 65.8 Å². The van der Waals surface area contributed by atoms with E-state index in [0.29, 0.717) is 28.5 Å². The lowest BCUT2D eigenvalue weighted by atomic mass is 9.95. The molecule has 1 aliphatic heterocycles. The first-order valence-electron chi connectivity index (χ1n) is 12.7. The Hall–Kier alpha value is -3.27. The summed E-state index contributed by atoms with van der Waals surface area (Å²) in [6.45, 7) is 8.19. The monoisotopic (exact) mass is 549 g/mol. The molecule has 0 bridgehead atoms. The quantitative estimate of drug-likeness (QED) is 0.256. The Balaban J connectivity index is 1.48. The van der Waals surface area contributed by atoms with Gasteiger partial charge < -0.3 is 14.5 Å². The van der Waals surface area contributed by atoms with Crippen molar-refractivity contribution in [2.24, 2.45) is 7.05 Å². The highest BCUT2D eigenvalue weighted by Crippen LogP contribution is 2.38. The number of halogens is 1.